The van der Waals surface area contributed by atoms with Crippen molar-refractivity contribution >= 4 is 0 Å². The van der Waals surface area contributed by atoms with Crippen molar-refractivity contribution in [3.63, 3.8) is 0 Å². The van der Waals surface area contributed by atoms with Gasteiger partial charge in [0.05, 0.1) is 0 Å². The van der Waals surface area contributed by atoms with Crippen LogP contribution in [-0.2, 0) is 0 Å². The number of hydrogen-bond acceptors (Lipinski definition) is 0. The molecule has 0 aromatic rings. The molecule has 0 heteroatoms. The van der Waals surface area contributed by atoms with Gasteiger partial charge in [-0.05, 0) is 61.3 Å². The molecule has 0 bridgehead atoms. The van der Waals surface area contributed by atoms with Crippen molar-refractivity contribution in [3.8, 4) is 0 Å². The van der Waals surface area contributed by atoms with Crippen LogP contribution in [0.1, 0.15) is 93.4 Å². The van der Waals surface area contributed by atoms with Crippen LogP contribution in [0.3, 0.4) is 0 Å². The van der Waals surface area contributed by atoms with E-state index in [0.29, 0.717) is 5.41 Å². The molecule has 128 valence electrons. The van der Waals surface area contributed by atoms with Crippen LogP contribution in [0.2, 0.25) is 0 Å². The van der Waals surface area contributed by atoms with Crippen LogP contribution in [0.15, 0.2) is 23.3 Å². The summed E-state index contributed by atoms with van der Waals surface area (Å²) in [5, 5.41) is 0. The lowest BCUT2D eigenvalue weighted by Gasteiger charge is -2.36. The SMILES string of the molecule is C.CC.CC1=C(/C=C/C2CCCC2)C(C)(C)C2CCCCC12. The third kappa shape index (κ3) is 3.69. The van der Waals surface area contributed by atoms with E-state index < -0.39 is 0 Å². The Morgan fingerprint density at radius 3 is 2.05 bits per heavy atom. The molecule has 0 N–H and O–H groups in total. The van der Waals surface area contributed by atoms with Crippen LogP contribution < -0.4 is 0 Å². The van der Waals surface area contributed by atoms with E-state index in [1.54, 1.807) is 11.1 Å². The van der Waals surface area contributed by atoms with Crippen molar-refractivity contribution in [1.29, 1.82) is 0 Å². The summed E-state index contributed by atoms with van der Waals surface area (Å²) in [4.78, 5) is 0. The molecule has 0 spiro atoms. The summed E-state index contributed by atoms with van der Waals surface area (Å²) in [5.41, 5.74) is 3.84. The Kier molecular flexibility index (Phi) is 7.42. The molecular formula is C22H40. The third-order valence-corrected chi connectivity index (χ3v) is 6.30. The lowest BCUT2D eigenvalue weighted by atomic mass is 9.68. The van der Waals surface area contributed by atoms with Gasteiger partial charge in [-0.25, -0.2) is 0 Å². The molecule has 0 saturated heterocycles. The van der Waals surface area contributed by atoms with Crippen LogP contribution in [0.4, 0.5) is 0 Å². The molecule has 0 aliphatic heterocycles. The first-order valence-corrected chi connectivity index (χ1v) is 9.50. The normalized spacial score (nSPS) is 30.8. The zero-order chi connectivity index (χ0) is 15.5. The molecule has 0 aromatic carbocycles. The first-order valence-electron chi connectivity index (χ1n) is 9.50. The predicted molar refractivity (Wildman–Crippen MR) is 101 cm³/mol. The van der Waals surface area contributed by atoms with Crippen LogP contribution >= 0.6 is 0 Å². The van der Waals surface area contributed by atoms with Crippen molar-refractivity contribution in [2.75, 3.05) is 0 Å². The first-order chi connectivity index (χ1) is 10.1. The van der Waals surface area contributed by atoms with E-state index in [9.17, 15) is 0 Å². The Labute approximate surface area is 140 Å². The van der Waals surface area contributed by atoms with Crippen molar-refractivity contribution in [2.24, 2.45) is 23.2 Å². The minimum Gasteiger partial charge on any atom is -0.0811 e. The van der Waals surface area contributed by atoms with Crippen molar-refractivity contribution in [3.05, 3.63) is 23.3 Å². The molecule has 0 amide bonds. The fourth-order valence-electron chi connectivity index (χ4n) is 5.15. The van der Waals surface area contributed by atoms with Crippen molar-refractivity contribution in [1.82, 2.24) is 0 Å². The zero-order valence-corrected chi connectivity index (χ0v) is 15.0. The topological polar surface area (TPSA) is 0 Å². The molecule has 2 saturated carbocycles. The second-order valence-electron chi connectivity index (χ2n) is 7.72. The van der Waals surface area contributed by atoms with Gasteiger partial charge in [0.2, 0.25) is 0 Å². The van der Waals surface area contributed by atoms with Crippen LogP contribution in [0.25, 0.3) is 0 Å². The maximum atomic E-state index is 2.55. The molecular weight excluding hydrogens is 264 g/mol. The molecule has 0 aromatic heterocycles. The molecule has 2 atom stereocenters. The van der Waals surface area contributed by atoms with E-state index in [-0.39, 0.29) is 7.43 Å². The van der Waals surface area contributed by atoms with E-state index in [0.717, 1.165) is 17.8 Å². The Morgan fingerprint density at radius 1 is 0.909 bits per heavy atom. The summed E-state index contributed by atoms with van der Waals surface area (Å²) in [5.74, 6) is 2.69. The van der Waals surface area contributed by atoms with Gasteiger partial charge in [-0.3, -0.25) is 0 Å². The van der Waals surface area contributed by atoms with Gasteiger partial charge in [0, 0.05) is 0 Å². The van der Waals surface area contributed by atoms with Gasteiger partial charge >= 0.3 is 0 Å². The number of fused-ring (bicyclic) bond motifs is 1. The van der Waals surface area contributed by atoms with Gasteiger partial charge in [0.25, 0.3) is 0 Å². The summed E-state index contributed by atoms with van der Waals surface area (Å²) < 4.78 is 0. The largest absolute Gasteiger partial charge is 0.0811 e. The van der Waals surface area contributed by atoms with Gasteiger partial charge in [0.1, 0.15) is 0 Å². The molecule has 2 unspecified atom stereocenters. The maximum Gasteiger partial charge on any atom is -0.00702 e. The third-order valence-electron chi connectivity index (χ3n) is 6.30. The highest BCUT2D eigenvalue weighted by Gasteiger charge is 2.45. The minimum absolute atomic E-state index is 0. The van der Waals surface area contributed by atoms with Crippen molar-refractivity contribution in [2.45, 2.75) is 93.4 Å². The number of allylic oxidation sites excluding steroid dienone is 4. The summed E-state index contributed by atoms with van der Waals surface area (Å²) in [6.07, 6.45) is 16.6. The van der Waals surface area contributed by atoms with Gasteiger partial charge < -0.3 is 0 Å². The summed E-state index contributed by atoms with van der Waals surface area (Å²) in [6.45, 7) is 11.4. The summed E-state index contributed by atoms with van der Waals surface area (Å²) in [6, 6.07) is 0. The van der Waals surface area contributed by atoms with Crippen LogP contribution in [0.5, 0.6) is 0 Å². The Balaban J connectivity index is 0.000000775. The lowest BCUT2D eigenvalue weighted by Crippen LogP contribution is -2.27. The quantitative estimate of drug-likeness (QED) is 0.494. The van der Waals surface area contributed by atoms with E-state index >= 15 is 0 Å². The molecule has 0 nitrogen and oxygen atoms in total. The standard InChI is InChI=1S/C19H30.C2H6.CH4/c1-14-16-10-6-7-11-18(16)19(2,3)17(14)13-12-15-8-4-5-9-15;1-2;/h12-13,15-16,18H,4-11H2,1-3H3;1-2H3;1H4/b13-12+;;. The van der Waals surface area contributed by atoms with Gasteiger partial charge in [-0.2, -0.15) is 0 Å². The molecule has 3 aliphatic carbocycles. The van der Waals surface area contributed by atoms with Crippen LogP contribution in [-0.4, -0.2) is 0 Å². The smallest absolute Gasteiger partial charge is 0.00702 e. The summed E-state index contributed by atoms with van der Waals surface area (Å²) in [7, 11) is 0. The van der Waals surface area contributed by atoms with Gasteiger partial charge in [-0.15, -0.1) is 0 Å². The van der Waals surface area contributed by atoms with Gasteiger partial charge in [0.15, 0.2) is 0 Å². The van der Waals surface area contributed by atoms with Crippen molar-refractivity contribution < 1.29 is 0 Å². The Bertz CT molecular complexity index is 390. The highest BCUT2D eigenvalue weighted by Crippen LogP contribution is 2.56. The molecule has 2 fully saturated rings. The highest BCUT2D eigenvalue weighted by molar-refractivity contribution is 5.39. The maximum absolute atomic E-state index is 2.55. The summed E-state index contributed by atoms with van der Waals surface area (Å²) >= 11 is 0. The average molecular weight is 305 g/mol. The van der Waals surface area contributed by atoms with E-state index in [1.165, 1.54) is 51.4 Å². The molecule has 0 heterocycles. The molecule has 22 heavy (non-hydrogen) atoms. The molecule has 0 radical (unpaired) electrons. The molecule has 3 rings (SSSR count). The van der Waals surface area contributed by atoms with E-state index in [2.05, 4.69) is 32.9 Å². The predicted octanol–water partition coefficient (Wildman–Crippen LogP) is 7.56. The minimum atomic E-state index is 0. The zero-order valence-electron chi connectivity index (χ0n) is 15.0. The Morgan fingerprint density at radius 2 is 1.45 bits per heavy atom. The monoisotopic (exact) mass is 304 g/mol. The molecule has 3 aliphatic rings. The average Bonchev–Trinajstić information content (AvgIpc) is 3.08. The number of hydrogen-bond donors (Lipinski definition) is 0. The number of rotatable bonds is 2. The lowest BCUT2D eigenvalue weighted by molar-refractivity contribution is 0.176. The second-order valence-corrected chi connectivity index (χ2v) is 7.72. The van der Waals surface area contributed by atoms with Crippen LogP contribution in [0, 0.1) is 23.2 Å². The Hall–Kier alpha value is -0.520. The second kappa shape index (κ2) is 8.37. The fraction of sp³-hybridized carbons (Fsp3) is 0.818. The van der Waals surface area contributed by atoms with Gasteiger partial charge in [-0.1, -0.05) is 78.5 Å². The first kappa shape index (κ1) is 19.5. The fourth-order valence-corrected chi connectivity index (χ4v) is 5.15. The highest BCUT2D eigenvalue weighted by atomic mass is 14.5. The van der Waals surface area contributed by atoms with E-state index in [4.69, 9.17) is 0 Å². The van der Waals surface area contributed by atoms with E-state index in [1.807, 2.05) is 13.8 Å².